The van der Waals surface area contributed by atoms with E-state index in [1.54, 1.807) is 4.90 Å². The predicted molar refractivity (Wildman–Crippen MR) is 76.2 cm³/mol. The number of benzene rings is 1. The quantitative estimate of drug-likeness (QED) is 0.778. The third-order valence-corrected chi connectivity index (χ3v) is 3.44. The maximum Gasteiger partial charge on any atom is 0.335 e. The number of hydrogen-bond donors (Lipinski definition) is 3. The van der Waals surface area contributed by atoms with E-state index in [4.69, 9.17) is 22.4 Å². The number of urea groups is 1. The maximum atomic E-state index is 12.1. The molecule has 1 aliphatic heterocycles. The second-order valence-electron chi connectivity index (χ2n) is 4.79. The average molecular weight is 298 g/mol. The van der Waals surface area contributed by atoms with Gasteiger partial charge in [-0.25, -0.2) is 9.59 Å². The van der Waals surface area contributed by atoms with Crippen molar-refractivity contribution in [3.63, 3.8) is 0 Å². The maximum absolute atomic E-state index is 12.1. The third-order valence-electron chi connectivity index (χ3n) is 3.22. The molecule has 1 aromatic rings. The van der Waals surface area contributed by atoms with Crippen molar-refractivity contribution in [3.05, 3.63) is 28.8 Å². The topological polar surface area (TPSA) is 95.7 Å². The molecule has 1 aliphatic rings. The molecule has 0 spiro atoms. The molecule has 1 heterocycles. The van der Waals surface area contributed by atoms with Gasteiger partial charge in [-0.3, -0.25) is 0 Å². The summed E-state index contributed by atoms with van der Waals surface area (Å²) in [6.07, 6.45) is 1.53. The highest BCUT2D eigenvalue weighted by atomic mass is 35.5. The van der Waals surface area contributed by atoms with Gasteiger partial charge in [0.25, 0.3) is 0 Å². The molecule has 20 heavy (non-hydrogen) atoms. The number of rotatable bonds is 2. The van der Waals surface area contributed by atoms with E-state index in [0.29, 0.717) is 18.8 Å². The van der Waals surface area contributed by atoms with Crippen molar-refractivity contribution in [2.75, 3.05) is 18.4 Å². The predicted octanol–water partition coefficient (Wildman–Crippen LogP) is 1.99. The summed E-state index contributed by atoms with van der Waals surface area (Å²) in [7, 11) is 0. The van der Waals surface area contributed by atoms with Crippen LogP contribution >= 0.6 is 11.6 Å². The molecule has 1 aromatic carbocycles. The van der Waals surface area contributed by atoms with E-state index in [0.717, 1.165) is 12.8 Å². The van der Waals surface area contributed by atoms with Crippen LogP contribution in [0.3, 0.4) is 0 Å². The molecule has 1 fully saturated rings. The fourth-order valence-corrected chi connectivity index (χ4v) is 2.33. The lowest BCUT2D eigenvalue weighted by Crippen LogP contribution is -2.44. The molecule has 0 bridgehead atoms. The molecule has 1 saturated heterocycles. The van der Waals surface area contributed by atoms with Gasteiger partial charge in [0, 0.05) is 29.8 Å². The second-order valence-corrected chi connectivity index (χ2v) is 5.22. The molecule has 0 radical (unpaired) electrons. The zero-order valence-electron chi connectivity index (χ0n) is 10.8. The van der Waals surface area contributed by atoms with Crippen molar-refractivity contribution in [1.29, 1.82) is 0 Å². The van der Waals surface area contributed by atoms with E-state index < -0.39 is 5.97 Å². The van der Waals surface area contributed by atoms with Crippen LogP contribution in [0, 0.1) is 0 Å². The van der Waals surface area contributed by atoms with Gasteiger partial charge in [-0.15, -0.1) is 0 Å². The molecule has 7 heteroatoms. The molecule has 0 atom stereocenters. The minimum absolute atomic E-state index is 0.0356. The number of halogens is 1. The Hall–Kier alpha value is -1.79. The van der Waals surface area contributed by atoms with Gasteiger partial charge in [-0.05, 0) is 31.0 Å². The van der Waals surface area contributed by atoms with Gasteiger partial charge in [0.05, 0.1) is 5.56 Å². The number of piperidine rings is 1. The summed E-state index contributed by atoms with van der Waals surface area (Å²) in [6, 6.07) is 4.10. The van der Waals surface area contributed by atoms with Crippen LogP contribution in [0.25, 0.3) is 0 Å². The van der Waals surface area contributed by atoms with E-state index in [1.165, 1.54) is 18.2 Å². The summed E-state index contributed by atoms with van der Waals surface area (Å²) in [5.41, 5.74) is 6.19. The van der Waals surface area contributed by atoms with E-state index in [-0.39, 0.29) is 22.7 Å². The lowest BCUT2D eigenvalue weighted by atomic mass is 10.1. The average Bonchev–Trinajstić information content (AvgIpc) is 2.38. The molecule has 108 valence electrons. The summed E-state index contributed by atoms with van der Waals surface area (Å²) in [4.78, 5) is 24.6. The number of nitrogens with two attached hydrogens (primary N) is 1. The van der Waals surface area contributed by atoms with Crippen LogP contribution in [-0.4, -0.2) is 41.1 Å². The number of carboxylic acids is 1. The summed E-state index contributed by atoms with van der Waals surface area (Å²) in [6.45, 7) is 1.19. The number of carboxylic acid groups (broad SMARTS) is 1. The van der Waals surface area contributed by atoms with Gasteiger partial charge in [0.15, 0.2) is 0 Å². The fourth-order valence-electron chi connectivity index (χ4n) is 2.09. The summed E-state index contributed by atoms with van der Waals surface area (Å²) < 4.78 is 0. The van der Waals surface area contributed by atoms with Crippen molar-refractivity contribution < 1.29 is 14.7 Å². The van der Waals surface area contributed by atoms with Gasteiger partial charge < -0.3 is 21.1 Å². The Kier molecular flexibility index (Phi) is 4.46. The molecule has 4 N–H and O–H groups in total. The number of hydrogen-bond acceptors (Lipinski definition) is 3. The number of amides is 2. The van der Waals surface area contributed by atoms with Crippen molar-refractivity contribution in [3.8, 4) is 0 Å². The molecule has 0 unspecified atom stereocenters. The molecule has 0 aromatic heterocycles. The van der Waals surface area contributed by atoms with E-state index >= 15 is 0 Å². The van der Waals surface area contributed by atoms with Crippen molar-refractivity contribution in [1.82, 2.24) is 4.90 Å². The van der Waals surface area contributed by atoms with E-state index in [9.17, 15) is 9.59 Å². The lowest BCUT2D eigenvalue weighted by Gasteiger charge is -2.30. The van der Waals surface area contributed by atoms with Gasteiger partial charge in [0.2, 0.25) is 0 Å². The standard InChI is InChI=1S/C13H16ClN3O3/c14-9-5-8(12(18)19)6-11(7-9)16-13(20)17-3-1-10(15)2-4-17/h5-7,10H,1-4,15H2,(H,16,20)(H,18,19). The number of nitrogens with one attached hydrogen (secondary N) is 1. The SMILES string of the molecule is NC1CCN(C(=O)Nc2cc(Cl)cc(C(=O)O)c2)CC1. The first-order chi connectivity index (χ1) is 9.45. The van der Waals surface area contributed by atoms with Crippen molar-refractivity contribution in [2.45, 2.75) is 18.9 Å². The van der Waals surface area contributed by atoms with Gasteiger partial charge in [-0.1, -0.05) is 11.6 Å². The van der Waals surface area contributed by atoms with Crippen LogP contribution in [-0.2, 0) is 0 Å². The number of aromatic carboxylic acids is 1. The van der Waals surface area contributed by atoms with Crippen molar-refractivity contribution >= 4 is 29.3 Å². The molecule has 6 nitrogen and oxygen atoms in total. The molecular weight excluding hydrogens is 282 g/mol. The Morgan fingerprint density at radius 2 is 1.95 bits per heavy atom. The zero-order valence-corrected chi connectivity index (χ0v) is 11.6. The largest absolute Gasteiger partial charge is 0.478 e. The Labute approximate surface area is 121 Å². The fraction of sp³-hybridized carbons (Fsp3) is 0.385. The molecular formula is C13H16ClN3O3. The number of nitrogens with zero attached hydrogens (tertiary/aromatic N) is 1. The van der Waals surface area contributed by atoms with Crippen molar-refractivity contribution in [2.24, 2.45) is 5.73 Å². The third kappa shape index (κ3) is 3.61. The minimum Gasteiger partial charge on any atom is -0.478 e. The van der Waals surface area contributed by atoms with Gasteiger partial charge in [-0.2, -0.15) is 0 Å². The van der Waals surface area contributed by atoms with Crippen LogP contribution in [0.2, 0.25) is 5.02 Å². The number of carbonyl (C=O) groups is 2. The zero-order chi connectivity index (χ0) is 14.7. The smallest absolute Gasteiger partial charge is 0.335 e. The number of likely N-dealkylation sites (tertiary alicyclic amines) is 1. The summed E-state index contributed by atoms with van der Waals surface area (Å²) >= 11 is 5.84. The first-order valence-corrected chi connectivity index (χ1v) is 6.69. The Morgan fingerprint density at radius 1 is 1.30 bits per heavy atom. The van der Waals surface area contributed by atoms with Gasteiger partial charge >= 0.3 is 12.0 Å². The number of anilines is 1. The summed E-state index contributed by atoms with van der Waals surface area (Å²) in [5, 5.41) is 11.9. The van der Waals surface area contributed by atoms with Crippen LogP contribution in [0.1, 0.15) is 23.2 Å². The van der Waals surface area contributed by atoms with Crippen LogP contribution in [0.5, 0.6) is 0 Å². The molecule has 2 amide bonds. The lowest BCUT2D eigenvalue weighted by molar-refractivity contribution is 0.0697. The Bertz CT molecular complexity index is 528. The monoisotopic (exact) mass is 297 g/mol. The summed E-state index contributed by atoms with van der Waals surface area (Å²) in [5.74, 6) is -1.09. The Morgan fingerprint density at radius 3 is 2.55 bits per heavy atom. The first kappa shape index (κ1) is 14.6. The van der Waals surface area contributed by atoms with Crippen LogP contribution < -0.4 is 11.1 Å². The molecule has 2 rings (SSSR count). The highest BCUT2D eigenvalue weighted by Gasteiger charge is 2.20. The minimum atomic E-state index is -1.09. The Balaban J connectivity index is 2.06. The molecule has 0 saturated carbocycles. The second kappa shape index (κ2) is 6.11. The highest BCUT2D eigenvalue weighted by Crippen LogP contribution is 2.20. The van der Waals surface area contributed by atoms with Crippen LogP contribution in [0.4, 0.5) is 10.5 Å². The highest BCUT2D eigenvalue weighted by molar-refractivity contribution is 6.31. The normalized spacial score (nSPS) is 16.0. The van der Waals surface area contributed by atoms with E-state index in [2.05, 4.69) is 5.32 Å². The number of carbonyl (C=O) groups excluding carboxylic acids is 1. The van der Waals surface area contributed by atoms with E-state index in [1.807, 2.05) is 0 Å². The van der Waals surface area contributed by atoms with Crippen LogP contribution in [0.15, 0.2) is 18.2 Å². The van der Waals surface area contributed by atoms with Gasteiger partial charge in [0.1, 0.15) is 0 Å². The first-order valence-electron chi connectivity index (χ1n) is 6.31. The molecule has 0 aliphatic carbocycles.